The quantitative estimate of drug-likeness (QED) is 0.831. The van der Waals surface area contributed by atoms with Crippen molar-refractivity contribution in [2.75, 3.05) is 12.4 Å². The Morgan fingerprint density at radius 2 is 2.36 bits per heavy atom. The van der Waals surface area contributed by atoms with Gasteiger partial charge in [-0.3, -0.25) is 0 Å². The normalized spacial score (nSPS) is 10.1. The first-order valence-electron chi connectivity index (χ1n) is 4.53. The molecular formula is C11H12N2S. The fourth-order valence-corrected chi connectivity index (χ4v) is 2.00. The van der Waals surface area contributed by atoms with Gasteiger partial charge in [-0.15, -0.1) is 11.3 Å². The number of hydrogen-bond acceptors (Lipinski definition) is 3. The van der Waals surface area contributed by atoms with Gasteiger partial charge in [0, 0.05) is 30.7 Å². The number of aromatic nitrogens is 1. The van der Waals surface area contributed by atoms with Crippen molar-refractivity contribution in [1.29, 1.82) is 0 Å². The van der Waals surface area contributed by atoms with Crippen molar-refractivity contribution in [2.24, 2.45) is 0 Å². The molecule has 0 aliphatic heterocycles. The molecule has 2 nitrogen and oxygen atoms in total. The van der Waals surface area contributed by atoms with E-state index in [0.29, 0.717) is 0 Å². The molecule has 0 spiro atoms. The van der Waals surface area contributed by atoms with E-state index < -0.39 is 0 Å². The maximum Gasteiger partial charge on any atom is 0.0968 e. The largest absolute Gasteiger partial charge is 0.388 e. The van der Waals surface area contributed by atoms with Crippen LogP contribution >= 0.6 is 11.3 Å². The second kappa shape index (κ2) is 4.24. The van der Waals surface area contributed by atoms with Crippen LogP contribution in [0.1, 0.15) is 10.6 Å². The molecule has 2 rings (SSSR count). The molecular weight excluding hydrogens is 192 g/mol. The van der Waals surface area contributed by atoms with Gasteiger partial charge < -0.3 is 5.32 Å². The molecule has 0 unspecified atom stereocenters. The Labute approximate surface area is 87.6 Å². The van der Waals surface area contributed by atoms with E-state index in [2.05, 4.69) is 34.6 Å². The molecule has 0 radical (unpaired) electrons. The van der Waals surface area contributed by atoms with Gasteiger partial charge in [0.1, 0.15) is 0 Å². The summed E-state index contributed by atoms with van der Waals surface area (Å²) in [5.74, 6) is 0. The Kier molecular flexibility index (Phi) is 2.79. The lowest BCUT2D eigenvalue weighted by Crippen LogP contribution is -1.91. The zero-order valence-electron chi connectivity index (χ0n) is 8.03. The smallest absolute Gasteiger partial charge is 0.0968 e. The Bertz CT molecular complexity index is 395. The molecule has 3 heteroatoms. The number of nitrogens with zero attached hydrogens (tertiary/aromatic N) is 1. The van der Waals surface area contributed by atoms with Crippen LogP contribution < -0.4 is 5.32 Å². The molecule has 0 amide bonds. The summed E-state index contributed by atoms with van der Waals surface area (Å²) >= 11 is 1.70. The number of hydrogen-bond donors (Lipinski definition) is 1. The number of thiazole rings is 1. The van der Waals surface area contributed by atoms with E-state index in [1.54, 1.807) is 11.3 Å². The van der Waals surface area contributed by atoms with Crippen molar-refractivity contribution in [3.05, 3.63) is 46.4 Å². The third-order valence-corrected chi connectivity index (χ3v) is 2.83. The van der Waals surface area contributed by atoms with Gasteiger partial charge in [0.25, 0.3) is 0 Å². The SMILES string of the molecule is CNc1cccc(Cc2nccs2)c1. The van der Waals surface area contributed by atoms with Crippen LogP contribution in [0.5, 0.6) is 0 Å². The highest BCUT2D eigenvalue weighted by Gasteiger charge is 1.98. The van der Waals surface area contributed by atoms with Crippen molar-refractivity contribution >= 4 is 17.0 Å². The molecule has 0 atom stereocenters. The summed E-state index contributed by atoms with van der Waals surface area (Å²) in [6, 6.07) is 8.41. The topological polar surface area (TPSA) is 24.9 Å². The molecule has 1 N–H and O–H groups in total. The third-order valence-electron chi connectivity index (χ3n) is 2.05. The van der Waals surface area contributed by atoms with Crippen LogP contribution in [-0.4, -0.2) is 12.0 Å². The Hall–Kier alpha value is -1.35. The molecule has 0 saturated carbocycles. The number of anilines is 1. The zero-order chi connectivity index (χ0) is 9.80. The molecule has 0 aliphatic carbocycles. The van der Waals surface area contributed by atoms with E-state index in [9.17, 15) is 0 Å². The highest BCUT2D eigenvalue weighted by Crippen LogP contribution is 2.15. The van der Waals surface area contributed by atoms with Crippen LogP contribution in [0.3, 0.4) is 0 Å². The predicted molar refractivity (Wildman–Crippen MR) is 60.9 cm³/mol. The van der Waals surface area contributed by atoms with Gasteiger partial charge in [-0.1, -0.05) is 12.1 Å². The standard InChI is InChI=1S/C11H12N2S/c1-12-10-4-2-3-9(7-10)8-11-13-5-6-14-11/h2-7,12H,8H2,1H3. The van der Waals surface area contributed by atoms with Gasteiger partial charge in [-0.2, -0.15) is 0 Å². The fraction of sp³-hybridized carbons (Fsp3) is 0.182. The Balaban J connectivity index is 2.17. The molecule has 1 aromatic heterocycles. The first-order chi connectivity index (χ1) is 6.88. The lowest BCUT2D eigenvalue weighted by Gasteiger charge is -2.02. The predicted octanol–water partition coefficient (Wildman–Crippen LogP) is 2.78. The van der Waals surface area contributed by atoms with Crippen LogP contribution in [0.25, 0.3) is 0 Å². The molecule has 72 valence electrons. The van der Waals surface area contributed by atoms with Crippen LogP contribution in [0, 0.1) is 0 Å². The second-order valence-electron chi connectivity index (χ2n) is 3.05. The molecule has 0 saturated heterocycles. The van der Waals surface area contributed by atoms with Crippen LogP contribution in [0.4, 0.5) is 5.69 Å². The first-order valence-corrected chi connectivity index (χ1v) is 5.41. The highest BCUT2D eigenvalue weighted by atomic mass is 32.1. The van der Waals surface area contributed by atoms with E-state index in [4.69, 9.17) is 0 Å². The third kappa shape index (κ3) is 2.12. The molecule has 14 heavy (non-hydrogen) atoms. The maximum absolute atomic E-state index is 4.27. The van der Waals surface area contributed by atoms with Crippen molar-refractivity contribution in [3.63, 3.8) is 0 Å². The number of rotatable bonds is 3. The van der Waals surface area contributed by atoms with Gasteiger partial charge in [-0.05, 0) is 17.7 Å². The molecule has 0 aliphatic rings. The van der Waals surface area contributed by atoms with E-state index >= 15 is 0 Å². The number of benzene rings is 1. The lowest BCUT2D eigenvalue weighted by atomic mass is 10.1. The summed E-state index contributed by atoms with van der Waals surface area (Å²) in [7, 11) is 1.93. The zero-order valence-corrected chi connectivity index (χ0v) is 8.84. The van der Waals surface area contributed by atoms with Gasteiger partial charge >= 0.3 is 0 Å². The Morgan fingerprint density at radius 1 is 1.43 bits per heavy atom. The van der Waals surface area contributed by atoms with Gasteiger partial charge in [0.2, 0.25) is 0 Å². The monoisotopic (exact) mass is 204 g/mol. The lowest BCUT2D eigenvalue weighted by molar-refractivity contribution is 1.14. The summed E-state index contributed by atoms with van der Waals surface area (Å²) in [5, 5.41) is 6.31. The molecule has 1 heterocycles. The van der Waals surface area contributed by atoms with E-state index in [0.717, 1.165) is 12.1 Å². The number of nitrogens with one attached hydrogen (secondary N) is 1. The second-order valence-corrected chi connectivity index (χ2v) is 4.03. The highest BCUT2D eigenvalue weighted by molar-refractivity contribution is 7.09. The van der Waals surface area contributed by atoms with Gasteiger partial charge in [0.05, 0.1) is 5.01 Å². The first kappa shape index (κ1) is 9.21. The Morgan fingerprint density at radius 3 is 3.07 bits per heavy atom. The fourth-order valence-electron chi connectivity index (χ4n) is 1.35. The van der Waals surface area contributed by atoms with Crippen molar-refractivity contribution in [1.82, 2.24) is 4.98 Å². The van der Waals surface area contributed by atoms with Crippen molar-refractivity contribution in [2.45, 2.75) is 6.42 Å². The minimum absolute atomic E-state index is 0.924. The van der Waals surface area contributed by atoms with Gasteiger partial charge in [0.15, 0.2) is 0 Å². The van der Waals surface area contributed by atoms with E-state index in [1.807, 2.05) is 18.6 Å². The van der Waals surface area contributed by atoms with Crippen LogP contribution in [0.2, 0.25) is 0 Å². The molecule has 0 fully saturated rings. The molecule has 1 aromatic carbocycles. The summed E-state index contributed by atoms with van der Waals surface area (Å²) in [4.78, 5) is 4.27. The van der Waals surface area contributed by atoms with Crippen LogP contribution in [0.15, 0.2) is 35.8 Å². The minimum Gasteiger partial charge on any atom is -0.388 e. The summed E-state index contributed by atoms with van der Waals surface area (Å²) in [6.45, 7) is 0. The average molecular weight is 204 g/mol. The molecule has 2 aromatic rings. The summed E-state index contributed by atoms with van der Waals surface area (Å²) < 4.78 is 0. The van der Waals surface area contributed by atoms with E-state index in [1.165, 1.54) is 10.6 Å². The minimum atomic E-state index is 0.924. The van der Waals surface area contributed by atoms with E-state index in [-0.39, 0.29) is 0 Å². The molecule has 0 bridgehead atoms. The summed E-state index contributed by atoms with van der Waals surface area (Å²) in [6.07, 6.45) is 2.77. The summed E-state index contributed by atoms with van der Waals surface area (Å²) in [5.41, 5.74) is 2.45. The average Bonchev–Trinajstić information content (AvgIpc) is 2.71. The van der Waals surface area contributed by atoms with Crippen molar-refractivity contribution in [3.8, 4) is 0 Å². The van der Waals surface area contributed by atoms with Gasteiger partial charge in [-0.25, -0.2) is 4.98 Å². The van der Waals surface area contributed by atoms with Crippen LogP contribution in [-0.2, 0) is 6.42 Å². The maximum atomic E-state index is 4.27. The van der Waals surface area contributed by atoms with Crippen molar-refractivity contribution < 1.29 is 0 Å².